The molecular formula is C34H30N6O4S2. The van der Waals surface area contributed by atoms with Gasteiger partial charge in [0.05, 0.1) is 0 Å². The Morgan fingerprint density at radius 1 is 0.543 bits per heavy atom. The Bertz CT molecular complexity index is 1940. The number of fused-ring (bicyclic) bond motifs is 2. The summed E-state index contributed by atoms with van der Waals surface area (Å²) in [5, 5.41) is 13.1. The first-order valence-corrected chi connectivity index (χ1v) is 15.7. The van der Waals surface area contributed by atoms with Crippen molar-refractivity contribution in [1.29, 1.82) is 0 Å². The van der Waals surface area contributed by atoms with Gasteiger partial charge in [0.2, 0.25) is 0 Å². The van der Waals surface area contributed by atoms with Crippen LogP contribution in [-0.4, -0.2) is 108 Å². The second kappa shape index (κ2) is 10.8. The van der Waals surface area contributed by atoms with E-state index < -0.39 is 0 Å². The van der Waals surface area contributed by atoms with Gasteiger partial charge < -0.3 is 20.4 Å². The Morgan fingerprint density at radius 3 is 1.09 bits per heavy atom. The van der Waals surface area contributed by atoms with Gasteiger partial charge >= 0.3 is 0 Å². The minimum Gasteiger partial charge on any atom is -0.366 e. The van der Waals surface area contributed by atoms with Crippen LogP contribution in [0.15, 0.2) is 48.5 Å². The predicted octanol–water partition coefficient (Wildman–Crippen LogP) is 3.80. The topological polar surface area (TPSA) is 105 Å². The van der Waals surface area contributed by atoms with Gasteiger partial charge in [0.15, 0.2) is 10.2 Å². The number of imide groups is 2. The SMILES string of the molecule is CNC(=S)N(C)CCN1C(=O)c2ccc3c4ccc5c6c(ccc(c7ccc(c2c37)C1=O)c64)C(=O)N(CCN(C)C(=S)NC)C5=O. The molecule has 0 radical (unpaired) electrons. The maximum atomic E-state index is 13.8. The van der Waals surface area contributed by atoms with Crippen LogP contribution in [0.2, 0.25) is 0 Å². The molecule has 10 nitrogen and oxygen atoms in total. The number of hydrogen-bond donors (Lipinski definition) is 2. The molecule has 0 aliphatic carbocycles. The van der Waals surface area contributed by atoms with Crippen LogP contribution >= 0.6 is 24.4 Å². The maximum absolute atomic E-state index is 13.8. The van der Waals surface area contributed by atoms with Crippen molar-refractivity contribution in [2.24, 2.45) is 0 Å². The number of likely N-dealkylation sites (N-methyl/N-ethyl adjacent to an activating group) is 2. The van der Waals surface area contributed by atoms with Crippen LogP contribution in [0.5, 0.6) is 0 Å². The fourth-order valence-electron chi connectivity index (χ4n) is 6.86. The highest BCUT2D eigenvalue weighted by Gasteiger charge is 2.37. The third kappa shape index (κ3) is 4.13. The average Bonchev–Trinajstić information content (AvgIpc) is 3.07. The molecule has 0 spiro atoms. The minimum atomic E-state index is -0.349. The lowest BCUT2D eigenvalue weighted by molar-refractivity contribution is 0.0589. The second-order valence-corrected chi connectivity index (χ2v) is 12.4. The molecule has 5 aromatic carbocycles. The van der Waals surface area contributed by atoms with Gasteiger partial charge in [-0.3, -0.25) is 29.0 Å². The molecule has 0 aromatic heterocycles. The first-order chi connectivity index (χ1) is 22.1. The zero-order valence-electron chi connectivity index (χ0n) is 25.7. The van der Waals surface area contributed by atoms with Gasteiger partial charge in [0.25, 0.3) is 23.6 Å². The standard InChI is InChI=1S/C34H30N6O4S2/c1-35-33(45)37(3)13-15-39-29(41)21-9-5-17-19-7-11-23-28-24(32(44)40(31(23)43)16-14-38(4)34(46)36-2)12-8-20(26(19)28)18-6-10-22(30(39)42)27(21)25(17)18/h5-12H,13-16H2,1-4H3,(H,35,45)(H,36,46). The Hall–Kier alpha value is -4.94. The zero-order chi connectivity index (χ0) is 32.6. The first-order valence-electron chi connectivity index (χ1n) is 14.9. The lowest BCUT2D eigenvalue weighted by Crippen LogP contribution is -2.46. The van der Waals surface area contributed by atoms with E-state index in [1.807, 2.05) is 38.4 Å². The Kier molecular flexibility index (Phi) is 7.02. The van der Waals surface area contributed by atoms with E-state index in [-0.39, 0.29) is 36.7 Å². The normalized spacial score (nSPS) is 14.3. The van der Waals surface area contributed by atoms with Crippen molar-refractivity contribution in [2.45, 2.75) is 0 Å². The number of hydrogen-bond acceptors (Lipinski definition) is 6. The lowest BCUT2D eigenvalue weighted by Gasteiger charge is -2.31. The molecule has 2 heterocycles. The number of carbonyl (C=O) groups is 4. The van der Waals surface area contributed by atoms with E-state index >= 15 is 0 Å². The Balaban J connectivity index is 1.36. The van der Waals surface area contributed by atoms with Crippen LogP contribution in [0.4, 0.5) is 0 Å². The molecule has 232 valence electrons. The average molecular weight is 651 g/mol. The summed E-state index contributed by atoms with van der Waals surface area (Å²) < 4.78 is 0. The monoisotopic (exact) mass is 650 g/mol. The van der Waals surface area contributed by atoms with E-state index in [1.54, 1.807) is 48.2 Å². The number of benzene rings is 5. The molecule has 0 saturated heterocycles. The van der Waals surface area contributed by atoms with Crippen LogP contribution in [0.1, 0.15) is 41.4 Å². The zero-order valence-corrected chi connectivity index (χ0v) is 27.3. The highest BCUT2D eigenvalue weighted by Crippen LogP contribution is 2.46. The molecule has 2 N–H and O–H groups in total. The Morgan fingerprint density at radius 2 is 0.826 bits per heavy atom. The van der Waals surface area contributed by atoms with Crippen LogP contribution < -0.4 is 10.6 Å². The molecule has 5 aromatic rings. The summed E-state index contributed by atoms with van der Waals surface area (Å²) in [6.45, 7) is 1.15. The summed E-state index contributed by atoms with van der Waals surface area (Å²) in [7, 11) is 7.07. The van der Waals surface area contributed by atoms with E-state index in [0.29, 0.717) is 56.3 Å². The van der Waals surface area contributed by atoms with Crippen molar-refractivity contribution in [1.82, 2.24) is 30.2 Å². The first kappa shape index (κ1) is 29.8. The molecule has 0 bridgehead atoms. The van der Waals surface area contributed by atoms with Gasteiger partial charge in [-0.15, -0.1) is 0 Å². The molecule has 0 unspecified atom stereocenters. The summed E-state index contributed by atoms with van der Waals surface area (Å²) in [6, 6.07) is 14.7. The van der Waals surface area contributed by atoms with E-state index in [0.717, 1.165) is 32.3 Å². The van der Waals surface area contributed by atoms with Gasteiger partial charge in [-0.1, -0.05) is 24.3 Å². The molecule has 0 fully saturated rings. The quantitative estimate of drug-likeness (QED) is 0.122. The maximum Gasteiger partial charge on any atom is 0.261 e. The van der Waals surface area contributed by atoms with Crippen molar-refractivity contribution in [3.63, 3.8) is 0 Å². The third-order valence-corrected chi connectivity index (χ3v) is 10.3. The summed E-state index contributed by atoms with van der Waals surface area (Å²) in [5.74, 6) is -1.39. The number of thiocarbonyl (C=S) groups is 2. The number of nitrogens with one attached hydrogen (secondary N) is 2. The molecule has 46 heavy (non-hydrogen) atoms. The molecule has 4 amide bonds. The van der Waals surface area contributed by atoms with Crippen LogP contribution in [0.3, 0.4) is 0 Å². The second-order valence-electron chi connectivity index (χ2n) is 11.6. The van der Waals surface area contributed by atoms with Gasteiger partial charge in [0, 0.05) is 87.4 Å². The van der Waals surface area contributed by atoms with Gasteiger partial charge in [-0.2, -0.15) is 0 Å². The van der Waals surface area contributed by atoms with E-state index in [4.69, 9.17) is 24.4 Å². The van der Waals surface area contributed by atoms with Gasteiger partial charge in [-0.05, 0) is 81.0 Å². The van der Waals surface area contributed by atoms with Gasteiger partial charge in [-0.25, -0.2) is 0 Å². The number of carbonyl (C=O) groups excluding carboxylic acids is 4. The van der Waals surface area contributed by atoms with E-state index in [9.17, 15) is 19.2 Å². The third-order valence-electron chi connectivity index (χ3n) is 9.24. The Labute approximate surface area is 275 Å². The van der Waals surface area contributed by atoms with Crippen LogP contribution in [0, 0.1) is 0 Å². The summed E-state index contributed by atoms with van der Waals surface area (Å²) >= 11 is 10.6. The summed E-state index contributed by atoms with van der Waals surface area (Å²) in [6.07, 6.45) is 0. The largest absolute Gasteiger partial charge is 0.366 e. The highest BCUT2D eigenvalue weighted by atomic mass is 32.1. The van der Waals surface area contributed by atoms with E-state index in [1.165, 1.54) is 9.80 Å². The molecule has 12 heteroatoms. The van der Waals surface area contributed by atoms with Crippen molar-refractivity contribution < 1.29 is 19.2 Å². The van der Waals surface area contributed by atoms with Crippen molar-refractivity contribution in [3.8, 4) is 0 Å². The molecule has 7 rings (SSSR count). The summed E-state index contributed by atoms with van der Waals surface area (Å²) in [5.41, 5.74) is 1.86. The number of amides is 4. The highest BCUT2D eigenvalue weighted by molar-refractivity contribution is 7.80. The van der Waals surface area contributed by atoms with Crippen LogP contribution in [0.25, 0.3) is 43.1 Å². The van der Waals surface area contributed by atoms with Crippen molar-refractivity contribution in [2.75, 3.05) is 54.4 Å². The van der Waals surface area contributed by atoms with Crippen molar-refractivity contribution >= 4 is 101 Å². The fourth-order valence-corrected chi connectivity index (χ4v) is 7.04. The molecule has 2 aliphatic rings. The molecular weight excluding hydrogens is 621 g/mol. The molecule has 2 aliphatic heterocycles. The van der Waals surface area contributed by atoms with Crippen LogP contribution in [-0.2, 0) is 0 Å². The van der Waals surface area contributed by atoms with Crippen molar-refractivity contribution in [3.05, 3.63) is 70.8 Å². The smallest absolute Gasteiger partial charge is 0.261 e. The number of nitrogens with zero attached hydrogens (tertiary/aromatic N) is 4. The number of rotatable bonds is 6. The molecule has 0 saturated carbocycles. The minimum absolute atomic E-state index is 0.186. The molecule has 0 atom stereocenters. The van der Waals surface area contributed by atoms with E-state index in [2.05, 4.69) is 10.6 Å². The predicted molar refractivity (Wildman–Crippen MR) is 187 cm³/mol. The fraction of sp³-hybridized carbons (Fsp3) is 0.235. The van der Waals surface area contributed by atoms with Gasteiger partial charge in [0.1, 0.15) is 0 Å². The lowest BCUT2D eigenvalue weighted by atomic mass is 9.82. The summed E-state index contributed by atoms with van der Waals surface area (Å²) in [4.78, 5) is 61.2.